The van der Waals surface area contributed by atoms with Crippen LogP contribution in [0.3, 0.4) is 0 Å². The van der Waals surface area contributed by atoms with Gasteiger partial charge in [-0.15, -0.1) is 0 Å². The number of nitrogens with two attached hydrogens (primary N) is 1. The van der Waals surface area contributed by atoms with Crippen molar-refractivity contribution in [3.63, 3.8) is 0 Å². The van der Waals surface area contributed by atoms with Crippen molar-refractivity contribution in [1.82, 2.24) is 0 Å². The molecule has 0 atom stereocenters. The molecular weight excluding hydrogens is 272 g/mol. The number of nitrogens with one attached hydrogen (secondary N) is 1. The number of hydrogen-bond donors (Lipinski definition) is 2. The molecule has 104 valence electrons. The van der Waals surface area contributed by atoms with E-state index in [1.54, 1.807) is 0 Å². The minimum Gasteiger partial charge on any atom is -0.488 e. The van der Waals surface area contributed by atoms with Gasteiger partial charge in [-0.3, -0.25) is 5.41 Å². The van der Waals surface area contributed by atoms with Gasteiger partial charge in [0.05, 0.1) is 0 Å². The second kappa shape index (κ2) is 5.97. The molecule has 0 radical (unpaired) electrons. The highest BCUT2D eigenvalue weighted by Gasteiger charge is 2.09. The number of amidine groups is 1. The van der Waals surface area contributed by atoms with E-state index in [1.807, 2.05) is 50.2 Å². The van der Waals surface area contributed by atoms with E-state index in [0.717, 1.165) is 22.4 Å². The molecule has 0 saturated carbocycles. The maximum Gasteiger partial charge on any atom is 0.125 e. The summed E-state index contributed by atoms with van der Waals surface area (Å²) in [5.41, 5.74) is 9.17. The Hall–Kier alpha value is -2.00. The molecule has 0 saturated heterocycles. The van der Waals surface area contributed by atoms with E-state index in [4.69, 9.17) is 27.5 Å². The van der Waals surface area contributed by atoms with E-state index in [2.05, 4.69) is 0 Å². The van der Waals surface area contributed by atoms with Crippen LogP contribution < -0.4 is 10.5 Å². The average molecular weight is 289 g/mol. The van der Waals surface area contributed by atoms with Crippen molar-refractivity contribution >= 4 is 17.4 Å². The molecule has 0 fully saturated rings. The summed E-state index contributed by atoms with van der Waals surface area (Å²) in [4.78, 5) is 0. The Morgan fingerprint density at radius 3 is 2.40 bits per heavy atom. The van der Waals surface area contributed by atoms with E-state index in [0.29, 0.717) is 17.2 Å². The summed E-state index contributed by atoms with van der Waals surface area (Å²) >= 11 is 6.01. The van der Waals surface area contributed by atoms with Crippen molar-refractivity contribution < 1.29 is 4.74 Å². The number of benzene rings is 2. The third-order valence-electron chi connectivity index (χ3n) is 3.10. The van der Waals surface area contributed by atoms with Crippen LogP contribution >= 0.6 is 11.6 Å². The van der Waals surface area contributed by atoms with Crippen LogP contribution in [-0.2, 0) is 6.61 Å². The topological polar surface area (TPSA) is 59.1 Å². The van der Waals surface area contributed by atoms with E-state index < -0.39 is 0 Å². The summed E-state index contributed by atoms with van der Waals surface area (Å²) in [6.07, 6.45) is 0. The van der Waals surface area contributed by atoms with Crippen LogP contribution in [0.5, 0.6) is 5.75 Å². The second-order valence-electron chi connectivity index (χ2n) is 4.73. The molecule has 2 rings (SSSR count). The van der Waals surface area contributed by atoms with Crippen LogP contribution in [0.15, 0.2) is 36.4 Å². The van der Waals surface area contributed by atoms with Crippen LogP contribution in [0.4, 0.5) is 0 Å². The number of nitrogen functional groups attached to an aromatic ring is 1. The third-order valence-corrected chi connectivity index (χ3v) is 3.32. The maximum absolute atomic E-state index is 7.58. The summed E-state index contributed by atoms with van der Waals surface area (Å²) in [6, 6.07) is 11.3. The molecule has 0 heterocycles. The Morgan fingerprint density at radius 2 is 1.80 bits per heavy atom. The third kappa shape index (κ3) is 3.11. The van der Waals surface area contributed by atoms with Gasteiger partial charge in [-0.1, -0.05) is 35.9 Å². The molecule has 0 aliphatic rings. The van der Waals surface area contributed by atoms with Crippen molar-refractivity contribution in [2.45, 2.75) is 20.5 Å². The van der Waals surface area contributed by atoms with Gasteiger partial charge in [-0.05, 0) is 37.1 Å². The zero-order chi connectivity index (χ0) is 14.7. The summed E-state index contributed by atoms with van der Waals surface area (Å²) in [7, 11) is 0. The molecule has 3 nitrogen and oxygen atoms in total. The Kier molecular flexibility index (Phi) is 4.30. The summed E-state index contributed by atoms with van der Waals surface area (Å²) in [5, 5.41) is 8.28. The van der Waals surface area contributed by atoms with Crippen molar-refractivity contribution in [2.75, 3.05) is 0 Å². The molecule has 0 unspecified atom stereocenters. The Bertz CT molecular complexity index is 630. The Morgan fingerprint density at radius 1 is 1.20 bits per heavy atom. The summed E-state index contributed by atoms with van der Waals surface area (Å²) in [6.45, 7) is 4.30. The normalized spacial score (nSPS) is 10.3. The lowest BCUT2D eigenvalue weighted by molar-refractivity contribution is 0.302. The molecule has 0 spiro atoms. The van der Waals surface area contributed by atoms with Gasteiger partial charge in [0.15, 0.2) is 0 Å². The molecule has 0 aliphatic heterocycles. The smallest absolute Gasteiger partial charge is 0.125 e. The van der Waals surface area contributed by atoms with E-state index in [9.17, 15) is 0 Å². The molecule has 20 heavy (non-hydrogen) atoms. The molecular formula is C16H17ClN2O. The first-order valence-electron chi connectivity index (χ1n) is 6.31. The fourth-order valence-electron chi connectivity index (χ4n) is 2.18. The molecule has 0 bridgehead atoms. The monoisotopic (exact) mass is 288 g/mol. The van der Waals surface area contributed by atoms with Gasteiger partial charge in [0.2, 0.25) is 0 Å². The highest BCUT2D eigenvalue weighted by molar-refractivity contribution is 6.30. The van der Waals surface area contributed by atoms with Crippen molar-refractivity contribution in [3.8, 4) is 5.75 Å². The minimum absolute atomic E-state index is 0.0498. The lowest BCUT2D eigenvalue weighted by atomic mass is 10.1. The Balaban J connectivity index is 2.24. The molecule has 2 aromatic carbocycles. The molecule has 4 heteroatoms. The zero-order valence-electron chi connectivity index (χ0n) is 11.5. The maximum atomic E-state index is 7.58. The van der Waals surface area contributed by atoms with E-state index in [1.165, 1.54) is 0 Å². The lowest BCUT2D eigenvalue weighted by Gasteiger charge is -2.14. The number of aryl methyl sites for hydroxylation is 2. The molecule has 0 amide bonds. The number of rotatable bonds is 4. The van der Waals surface area contributed by atoms with Gasteiger partial charge in [-0.25, -0.2) is 0 Å². The quantitative estimate of drug-likeness (QED) is 0.664. The first-order chi connectivity index (χ1) is 9.49. The fourth-order valence-corrected chi connectivity index (χ4v) is 2.51. The first-order valence-corrected chi connectivity index (χ1v) is 6.68. The van der Waals surface area contributed by atoms with Crippen molar-refractivity contribution in [1.29, 1.82) is 5.41 Å². The Labute approximate surface area is 123 Å². The molecule has 2 aromatic rings. The van der Waals surface area contributed by atoms with Crippen molar-refractivity contribution in [3.05, 3.63) is 63.7 Å². The van der Waals surface area contributed by atoms with Crippen LogP contribution in [0.1, 0.15) is 22.3 Å². The highest BCUT2D eigenvalue weighted by Crippen LogP contribution is 2.28. The SMILES string of the molecule is Cc1cc(Cl)cc(C)c1OCc1ccccc1C(=N)N. The fraction of sp³-hybridized carbons (Fsp3) is 0.188. The molecule has 0 aliphatic carbocycles. The summed E-state index contributed by atoms with van der Waals surface area (Å²) < 4.78 is 5.89. The van der Waals surface area contributed by atoms with Crippen LogP contribution in [0.2, 0.25) is 5.02 Å². The van der Waals surface area contributed by atoms with Crippen LogP contribution in [0, 0.1) is 19.3 Å². The molecule has 3 N–H and O–H groups in total. The standard InChI is InChI=1S/C16H17ClN2O/c1-10-7-13(17)8-11(2)15(10)20-9-12-5-3-4-6-14(12)16(18)19/h3-8H,9H2,1-2H3,(H3,18,19). The number of hydrogen-bond acceptors (Lipinski definition) is 2. The van der Waals surface area contributed by atoms with Gasteiger partial charge in [0.1, 0.15) is 18.2 Å². The van der Waals surface area contributed by atoms with Gasteiger partial charge >= 0.3 is 0 Å². The predicted molar refractivity (Wildman–Crippen MR) is 82.7 cm³/mol. The van der Waals surface area contributed by atoms with Gasteiger partial charge in [0, 0.05) is 16.1 Å². The van der Waals surface area contributed by atoms with Crippen molar-refractivity contribution in [2.24, 2.45) is 5.73 Å². The van der Waals surface area contributed by atoms with Gasteiger partial charge < -0.3 is 10.5 Å². The number of halogens is 1. The largest absolute Gasteiger partial charge is 0.488 e. The first kappa shape index (κ1) is 14.4. The zero-order valence-corrected chi connectivity index (χ0v) is 12.3. The highest BCUT2D eigenvalue weighted by atomic mass is 35.5. The molecule has 0 aromatic heterocycles. The average Bonchev–Trinajstić information content (AvgIpc) is 2.37. The lowest BCUT2D eigenvalue weighted by Crippen LogP contribution is -2.14. The number of ether oxygens (including phenoxy) is 1. The predicted octanol–water partition coefficient (Wildman–Crippen LogP) is 3.82. The van der Waals surface area contributed by atoms with Gasteiger partial charge in [-0.2, -0.15) is 0 Å². The van der Waals surface area contributed by atoms with Gasteiger partial charge in [0.25, 0.3) is 0 Å². The second-order valence-corrected chi connectivity index (χ2v) is 5.16. The van der Waals surface area contributed by atoms with E-state index >= 15 is 0 Å². The van der Waals surface area contributed by atoms with Crippen LogP contribution in [0.25, 0.3) is 0 Å². The minimum atomic E-state index is 0.0498. The van der Waals surface area contributed by atoms with E-state index in [-0.39, 0.29) is 5.84 Å². The summed E-state index contributed by atoms with van der Waals surface area (Å²) in [5.74, 6) is 0.876. The van der Waals surface area contributed by atoms with Crippen LogP contribution in [-0.4, -0.2) is 5.84 Å².